The number of ketones is 1. The van der Waals surface area contributed by atoms with Gasteiger partial charge in [-0.2, -0.15) is 5.26 Å². The maximum atomic E-state index is 13.3. The zero-order valence-corrected chi connectivity index (χ0v) is 13.7. The number of Topliss-reactive ketones (excluding diaryl/α,β-unsaturated/α-hetero) is 1. The van der Waals surface area contributed by atoms with E-state index in [-0.39, 0.29) is 11.6 Å². The van der Waals surface area contributed by atoms with Gasteiger partial charge in [0.15, 0.2) is 5.78 Å². The second kappa shape index (κ2) is 6.10. The number of halogens is 1. The summed E-state index contributed by atoms with van der Waals surface area (Å²) in [6.45, 7) is 0. The van der Waals surface area contributed by atoms with Crippen molar-refractivity contribution in [1.29, 1.82) is 5.26 Å². The Morgan fingerprint density at radius 3 is 2.54 bits per heavy atom. The molecule has 2 aliphatic rings. The molecule has 0 radical (unpaired) electrons. The highest BCUT2D eigenvalue weighted by Crippen LogP contribution is 2.44. The topological polar surface area (TPSA) is 73.4 Å². The maximum Gasteiger partial charge on any atom is 0.161 e. The number of hydrogen-bond donors (Lipinski definition) is 1. The summed E-state index contributed by atoms with van der Waals surface area (Å²) in [5.74, 6) is -0.540. The molecule has 0 saturated carbocycles. The molecule has 124 valence electrons. The summed E-state index contributed by atoms with van der Waals surface area (Å²) in [5, 5.41) is 13.2. The van der Waals surface area contributed by atoms with Gasteiger partial charge in [0.05, 0.1) is 17.6 Å². The molecule has 0 amide bonds. The van der Waals surface area contributed by atoms with Crippen molar-refractivity contribution in [2.75, 3.05) is 14.1 Å². The Labute approximate surface area is 140 Å². The summed E-state index contributed by atoms with van der Waals surface area (Å²) in [7, 11) is 3.65. The van der Waals surface area contributed by atoms with E-state index in [9.17, 15) is 14.4 Å². The molecule has 1 aliphatic carbocycles. The van der Waals surface area contributed by atoms with E-state index in [1.165, 1.54) is 12.1 Å². The Bertz CT molecular complexity index is 786. The van der Waals surface area contributed by atoms with Gasteiger partial charge in [-0.05, 0) is 30.5 Å². The molecule has 1 atom stereocenters. The van der Waals surface area contributed by atoms with Crippen molar-refractivity contribution < 1.29 is 9.18 Å². The van der Waals surface area contributed by atoms with E-state index in [0.29, 0.717) is 29.0 Å². The lowest BCUT2D eigenvalue weighted by molar-refractivity contribution is -0.116. The highest BCUT2D eigenvalue weighted by Gasteiger charge is 2.40. The molecule has 1 aromatic carbocycles. The fourth-order valence-corrected chi connectivity index (χ4v) is 3.51. The molecule has 3 rings (SSSR count). The Morgan fingerprint density at radius 1 is 1.29 bits per heavy atom. The summed E-state index contributed by atoms with van der Waals surface area (Å²) in [4.78, 5) is 12.7. The normalized spacial score (nSPS) is 21.2. The van der Waals surface area contributed by atoms with Crippen molar-refractivity contribution in [2.45, 2.75) is 25.2 Å². The molecule has 1 aliphatic heterocycles. The van der Waals surface area contributed by atoms with Gasteiger partial charge in [-0.15, -0.1) is 0 Å². The Balaban J connectivity index is 2.25. The van der Waals surface area contributed by atoms with E-state index in [1.807, 2.05) is 14.1 Å². The molecular weight excluding hydrogens is 307 g/mol. The Morgan fingerprint density at radius 2 is 1.96 bits per heavy atom. The minimum atomic E-state index is -0.533. The van der Waals surface area contributed by atoms with Crippen LogP contribution < -0.4 is 5.73 Å². The van der Waals surface area contributed by atoms with E-state index in [1.54, 1.807) is 22.2 Å². The third-order valence-electron chi connectivity index (χ3n) is 4.49. The van der Waals surface area contributed by atoms with Gasteiger partial charge in [0.2, 0.25) is 0 Å². The first kappa shape index (κ1) is 16.2. The van der Waals surface area contributed by atoms with Crippen LogP contribution in [0.25, 0.3) is 0 Å². The monoisotopic (exact) mass is 326 g/mol. The summed E-state index contributed by atoms with van der Waals surface area (Å²) < 4.78 is 13.3. The van der Waals surface area contributed by atoms with Gasteiger partial charge in [-0.3, -0.25) is 9.80 Å². The van der Waals surface area contributed by atoms with Crippen molar-refractivity contribution in [3.63, 3.8) is 0 Å². The number of carbonyl (C=O) groups excluding carboxylic acids is 1. The molecule has 5 nitrogen and oxygen atoms in total. The van der Waals surface area contributed by atoms with Crippen molar-refractivity contribution in [1.82, 2.24) is 10.0 Å². The Kier molecular flexibility index (Phi) is 4.12. The quantitative estimate of drug-likeness (QED) is 0.903. The number of nitrogens with two attached hydrogens (primary N) is 1. The van der Waals surface area contributed by atoms with Crippen LogP contribution in [0.2, 0.25) is 0 Å². The predicted octanol–water partition coefficient (Wildman–Crippen LogP) is 2.40. The minimum absolute atomic E-state index is 0.0256. The standard InChI is InChI=1S/C18H19FN4O/c1-22(2)23-14-4-3-5-15(24)17(14)16(13(10-20)18(23)21)11-6-8-12(19)9-7-11/h6-9,16H,3-5,21H2,1-2H3/t16-/m1/s1. The number of nitrogens with zero attached hydrogens (tertiary/aromatic N) is 3. The zero-order valence-electron chi connectivity index (χ0n) is 13.7. The molecule has 24 heavy (non-hydrogen) atoms. The van der Waals surface area contributed by atoms with E-state index in [4.69, 9.17) is 5.73 Å². The first-order valence-electron chi connectivity index (χ1n) is 7.84. The fraction of sp³-hybridized carbons (Fsp3) is 0.333. The van der Waals surface area contributed by atoms with Crippen LogP contribution in [0.5, 0.6) is 0 Å². The molecule has 1 heterocycles. The van der Waals surface area contributed by atoms with Crippen molar-refractivity contribution in [3.05, 3.63) is 58.3 Å². The molecule has 0 unspecified atom stereocenters. The lowest BCUT2D eigenvalue weighted by Crippen LogP contribution is -2.45. The zero-order chi connectivity index (χ0) is 17.4. The number of nitriles is 1. The highest BCUT2D eigenvalue weighted by molar-refractivity contribution is 5.99. The SMILES string of the molecule is CN(C)N1C(N)=C(C#N)[C@@H](c2ccc(F)cc2)C2=C1CCCC2=O. The second-order valence-corrected chi connectivity index (χ2v) is 6.19. The lowest BCUT2D eigenvalue weighted by atomic mass is 9.76. The molecule has 0 spiro atoms. The fourth-order valence-electron chi connectivity index (χ4n) is 3.51. The average molecular weight is 326 g/mol. The van der Waals surface area contributed by atoms with E-state index in [0.717, 1.165) is 18.5 Å². The molecule has 1 aromatic rings. The van der Waals surface area contributed by atoms with Crippen LogP contribution in [0.15, 0.2) is 46.9 Å². The van der Waals surface area contributed by atoms with Crippen molar-refractivity contribution in [3.8, 4) is 6.07 Å². The predicted molar refractivity (Wildman–Crippen MR) is 87.4 cm³/mol. The van der Waals surface area contributed by atoms with Gasteiger partial charge < -0.3 is 5.73 Å². The average Bonchev–Trinajstić information content (AvgIpc) is 2.54. The van der Waals surface area contributed by atoms with Crippen molar-refractivity contribution >= 4 is 5.78 Å². The van der Waals surface area contributed by atoms with Crippen LogP contribution in [0.3, 0.4) is 0 Å². The molecule has 6 heteroatoms. The van der Waals surface area contributed by atoms with Crippen LogP contribution in [-0.4, -0.2) is 29.9 Å². The van der Waals surface area contributed by atoms with Gasteiger partial charge in [-0.1, -0.05) is 12.1 Å². The van der Waals surface area contributed by atoms with Crippen LogP contribution >= 0.6 is 0 Å². The van der Waals surface area contributed by atoms with Crippen molar-refractivity contribution in [2.24, 2.45) is 5.73 Å². The van der Waals surface area contributed by atoms with E-state index < -0.39 is 5.92 Å². The number of rotatable bonds is 2. The first-order chi connectivity index (χ1) is 11.5. The number of benzene rings is 1. The lowest BCUT2D eigenvalue weighted by Gasteiger charge is -2.42. The number of allylic oxidation sites excluding steroid dienone is 3. The van der Waals surface area contributed by atoms with Crippen LogP contribution in [-0.2, 0) is 4.79 Å². The van der Waals surface area contributed by atoms with Crippen LogP contribution in [0.4, 0.5) is 4.39 Å². The summed E-state index contributed by atoms with van der Waals surface area (Å²) in [6.07, 6.45) is 1.93. The molecule has 0 aromatic heterocycles. The van der Waals surface area contributed by atoms with Crippen LogP contribution in [0, 0.1) is 17.1 Å². The molecule has 0 bridgehead atoms. The molecular formula is C18H19FN4O. The minimum Gasteiger partial charge on any atom is -0.383 e. The molecule has 2 N–H and O–H groups in total. The smallest absolute Gasteiger partial charge is 0.161 e. The van der Waals surface area contributed by atoms with Gasteiger partial charge in [0, 0.05) is 31.8 Å². The largest absolute Gasteiger partial charge is 0.383 e. The highest BCUT2D eigenvalue weighted by atomic mass is 19.1. The molecule has 0 fully saturated rings. The summed E-state index contributed by atoms with van der Waals surface area (Å²) >= 11 is 0. The Hall–Kier alpha value is -2.65. The van der Waals surface area contributed by atoms with E-state index >= 15 is 0 Å². The number of carbonyl (C=O) groups is 1. The van der Waals surface area contributed by atoms with Gasteiger partial charge in [0.1, 0.15) is 11.6 Å². The summed E-state index contributed by atoms with van der Waals surface area (Å²) in [5.41, 5.74) is 8.73. The summed E-state index contributed by atoms with van der Waals surface area (Å²) in [6, 6.07) is 8.07. The van der Waals surface area contributed by atoms with Gasteiger partial charge in [0.25, 0.3) is 0 Å². The van der Waals surface area contributed by atoms with Gasteiger partial charge in [-0.25, -0.2) is 9.40 Å². The number of hydrazine groups is 1. The molecule has 0 saturated heterocycles. The third-order valence-corrected chi connectivity index (χ3v) is 4.49. The van der Waals surface area contributed by atoms with Gasteiger partial charge >= 0.3 is 0 Å². The maximum absolute atomic E-state index is 13.3. The first-order valence-corrected chi connectivity index (χ1v) is 7.84. The van der Waals surface area contributed by atoms with Crippen LogP contribution in [0.1, 0.15) is 30.7 Å². The third kappa shape index (κ3) is 2.47. The second-order valence-electron chi connectivity index (χ2n) is 6.19. The number of hydrogen-bond acceptors (Lipinski definition) is 5. The van der Waals surface area contributed by atoms with E-state index in [2.05, 4.69) is 6.07 Å².